The largest absolute Gasteiger partial charge is 0.385 e. The SMILES string of the molecule is CC(=O)C(C)C(O)C(C)=O. The van der Waals surface area contributed by atoms with Crippen LogP contribution in [0, 0.1) is 5.92 Å². The molecule has 2 unspecified atom stereocenters. The number of hydrogen-bond donors (Lipinski definition) is 1. The molecule has 0 amide bonds. The summed E-state index contributed by atoms with van der Waals surface area (Å²) >= 11 is 0. The average Bonchev–Trinajstić information content (AvgIpc) is 1.84. The van der Waals surface area contributed by atoms with Crippen molar-refractivity contribution in [1.82, 2.24) is 0 Å². The van der Waals surface area contributed by atoms with Crippen LogP contribution in [0.1, 0.15) is 20.8 Å². The number of rotatable bonds is 3. The first-order valence-corrected chi connectivity index (χ1v) is 3.15. The Bertz CT molecular complexity index is 133. The van der Waals surface area contributed by atoms with Gasteiger partial charge < -0.3 is 5.11 Å². The lowest BCUT2D eigenvalue weighted by Crippen LogP contribution is -2.29. The van der Waals surface area contributed by atoms with E-state index in [1.807, 2.05) is 0 Å². The molecular formula is C7H12O3. The lowest BCUT2D eigenvalue weighted by molar-refractivity contribution is -0.134. The Kier molecular flexibility index (Phi) is 3.22. The monoisotopic (exact) mass is 144 g/mol. The lowest BCUT2D eigenvalue weighted by Gasteiger charge is -2.11. The van der Waals surface area contributed by atoms with Crippen molar-refractivity contribution in [2.75, 3.05) is 0 Å². The second kappa shape index (κ2) is 3.46. The molecule has 0 aliphatic heterocycles. The summed E-state index contributed by atoms with van der Waals surface area (Å²) in [6, 6.07) is 0. The van der Waals surface area contributed by atoms with Gasteiger partial charge in [-0.3, -0.25) is 9.59 Å². The van der Waals surface area contributed by atoms with Gasteiger partial charge in [-0.05, 0) is 13.8 Å². The summed E-state index contributed by atoms with van der Waals surface area (Å²) in [5.41, 5.74) is 0. The summed E-state index contributed by atoms with van der Waals surface area (Å²) in [7, 11) is 0. The molecule has 1 N–H and O–H groups in total. The van der Waals surface area contributed by atoms with Gasteiger partial charge in [-0.25, -0.2) is 0 Å². The van der Waals surface area contributed by atoms with Crippen LogP contribution in [0.3, 0.4) is 0 Å². The van der Waals surface area contributed by atoms with Gasteiger partial charge in [-0.15, -0.1) is 0 Å². The second-order valence-corrected chi connectivity index (χ2v) is 2.45. The molecule has 58 valence electrons. The molecule has 10 heavy (non-hydrogen) atoms. The summed E-state index contributed by atoms with van der Waals surface area (Å²) in [6.07, 6.45) is -1.13. The van der Waals surface area contributed by atoms with Crippen LogP contribution in [0.25, 0.3) is 0 Å². The maximum absolute atomic E-state index is 10.6. The molecule has 0 saturated carbocycles. The highest BCUT2D eigenvalue weighted by Gasteiger charge is 2.21. The maximum atomic E-state index is 10.6. The summed E-state index contributed by atoms with van der Waals surface area (Å²) in [6.45, 7) is 4.16. The Labute approximate surface area is 60.0 Å². The molecule has 0 heterocycles. The van der Waals surface area contributed by atoms with E-state index in [2.05, 4.69) is 0 Å². The van der Waals surface area contributed by atoms with Crippen LogP contribution in [0.4, 0.5) is 0 Å². The van der Waals surface area contributed by atoms with Crippen molar-refractivity contribution in [3.63, 3.8) is 0 Å². The van der Waals surface area contributed by atoms with Gasteiger partial charge in [-0.1, -0.05) is 6.92 Å². The van der Waals surface area contributed by atoms with E-state index in [4.69, 9.17) is 5.11 Å². The molecule has 0 spiro atoms. The highest BCUT2D eigenvalue weighted by Crippen LogP contribution is 2.04. The Morgan fingerprint density at radius 3 is 1.70 bits per heavy atom. The molecule has 2 atom stereocenters. The van der Waals surface area contributed by atoms with Gasteiger partial charge >= 0.3 is 0 Å². The number of aliphatic hydroxyl groups is 1. The summed E-state index contributed by atoms with van der Waals surface area (Å²) in [5, 5.41) is 9.00. The fourth-order valence-electron chi connectivity index (χ4n) is 0.574. The fraction of sp³-hybridized carbons (Fsp3) is 0.714. The van der Waals surface area contributed by atoms with Gasteiger partial charge in [0.2, 0.25) is 0 Å². The van der Waals surface area contributed by atoms with E-state index >= 15 is 0 Å². The molecule has 0 aromatic carbocycles. The third-order valence-electron chi connectivity index (χ3n) is 1.53. The highest BCUT2D eigenvalue weighted by atomic mass is 16.3. The quantitative estimate of drug-likeness (QED) is 0.614. The van der Waals surface area contributed by atoms with E-state index in [1.165, 1.54) is 20.8 Å². The van der Waals surface area contributed by atoms with E-state index in [1.54, 1.807) is 0 Å². The van der Waals surface area contributed by atoms with Crippen LogP contribution in [-0.2, 0) is 9.59 Å². The lowest BCUT2D eigenvalue weighted by atomic mass is 9.98. The van der Waals surface area contributed by atoms with Crippen molar-refractivity contribution in [2.24, 2.45) is 5.92 Å². The van der Waals surface area contributed by atoms with Crippen molar-refractivity contribution in [3.05, 3.63) is 0 Å². The fourth-order valence-corrected chi connectivity index (χ4v) is 0.574. The van der Waals surface area contributed by atoms with Crippen molar-refractivity contribution >= 4 is 11.6 Å². The first-order valence-electron chi connectivity index (χ1n) is 3.15. The number of hydrogen-bond acceptors (Lipinski definition) is 3. The standard InChI is InChI=1S/C7H12O3/c1-4(5(2)8)7(10)6(3)9/h4,7,10H,1-3H3. The van der Waals surface area contributed by atoms with Crippen LogP contribution in [-0.4, -0.2) is 22.8 Å². The number of ketones is 2. The van der Waals surface area contributed by atoms with Crippen molar-refractivity contribution in [2.45, 2.75) is 26.9 Å². The van der Waals surface area contributed by atoms with Crippen molar-refractivity contribution < 1.29 is 14.7 Å². The van der Waals surface area contributed by atoms with E-state index in [0.29, 0.717) is 0 Å². The molecule has 0 radical (unpaired) electrons. The van der Waals surface area contributed by atoms with Crippen LogP contribution in [0.15, 0.2) is 0 Å². The second-order valence-electron chi connectivity index (χ2n) is 2.45. The van der Waals surface area contributed by atoms with Crippen LogP contribution >= 0.6 is 0 Å². The van der Waals surface area contributed by atoms with E-state index < -0.39 is 12.0 Å². The minimum Gasteiger partial charge on any atom is -0.385 e. The zero-order valence-electron chi connectivity index (χ0n) is 6.42. The van der Waals surface area contributed by atoms with Crippen molar-refractivity contribution in [3.8, 4) is 0 Å². The molecule has 0 aromatic heterocycles. The van der Waals surface area contributed by atoms with E-state index in [-0.39, 0.29) is 11.6 Å². The van der Waals surface area contributed by atoms with E-state index in [0.717, 1.165) is 0 Å². The predicted molar refractivity (Wildman–Crippen MR) is 36.5 cm³/mol. The summed E-state index contributed by atoms with van der Waals surface area (Å²) < 4.78 is 0. The van der Waals surface area contributed by atoms with Gasteiger partial charge in [0.15, 0.2) is 5.78 Å². The number of aliphatic hydroxyl groups excluding tert-OH is 1. The van der Waals surface area contributed by atoms with Crippen LogP contribution in [0.5, 0.6) is 0 Å². The molecule has 0 fully saturated rings. The Balaban J connectivity index is 4.07. The van der Waals surface area contributed by atoms with Crippen LogP contribution < -0.4 is 0 Å². The molecule has 0 aliphatic carbocycles. The van der Waals surface area contributed by atoms with Gasteiger partial charge in [0.1, 0.15) is 11.9 Å². The molecule has 3 nitrogen and oxygen atoms in total. The number of carbonyl (C=O) groups excluding carboxylic acids is 2. The number of carbonyl (C=O) groups is 2. The van der Waals surface area contributed by atoms with Gasteiger partial charge in [-0.2, -0.15) is 0 Å². The topological polar surface area (TPSA) is 54.4 Å². The molecule has 0 saturated heterocycles. The molecule has 0 rings (SSSR count). The van der Waals surface area contributed by atoms with Gasteiger partial charge in [0.05, 0.1) is 0 Å². The Morgan fingerprint density at radius 1 is 1.20 bits per heavy atom. The molecule has 3 heteroatoms. The van der Waals surface area contributed by atoms with Gasteiger partial charge in [0.25, 0.3) is 0 Å². The third kappa shape index (κ3) is 2.27. The molecule has 0 aromatic rings. The summed E-state index contributed by atoms with van der Waals surface area (Å²) in [5.74, 6) is -1.09. The van der Waals surface area contributed by atoms with Crippen LogP contribution in [0.2, 0.25) is 0 Å². The normalized spacial score (nSPS) is 16.0. The zero-order valence-corrected chi connectivity index (χ0v) is 6.42. The first-order chi connectivity index (χ1) is 4.46. The van der Waals surface area contributed by atoms with Gasteiger partial charge in [0, 0.05) is 5.92 Å². The first kappa shape index (κ1) is 9.30. The Morgan fingerprint density at radius 2 is 1.60 bits per heavy atom. The molecular weight excluding hydrogens is 132 g/mol. The number of Topliss-reactive ketones (excluding diaryl/α,β-unsaturated/α-hetero) is 2. The minimum atomic E-state index is -1.13. The summed E-state index contributed by atoms with van der Waals surface area (Å²) in [4.78, 5) is 21.1. The smallest absolute Gasteiger partial charge is 0.158 e. The average molecular weight is 144 g/mol. The third-order valence-corrected chi connectivity index (χ3v) is 1.53. The zero-order chi connectivity index (χ0) is 8.31. The van der Waals surface area contributed by atoms with E-state index in [9.17, 15) is 9.59 Å². The predicted octanol–water partition coefficient (Wildman–Crippen LogP) is 0.161. The highest BCUT2D eigenvalue weighted by molar-refractivity contribution is 5.88. The molecule has 0 bridgehead atoms. The minimum absolute atomic E-state index is 0.164. The Hall–Kier alpha value is -0.700. The molecule has 0 aliphatic rings. The van der Waals surface area contributed by atoms with Crippen molar-refractivity contribution in [1.29, 1.82) is 0 Å². The maximum Gasteiger partial charge on any atom is 0.158 e.